The third-order valence-corrected chi connectivity index (χ3v) is 4.46. The lowest BCUT2D eigenvalue weighted by Crippen LogP contribution is -2.42. The van der Waals surface area contributed by atoms with Crippen molar-refractivity contribution in [3.8, 4) is 0 Å². The van der Waals surface area contributed by atoms with Gasteiger partial charge in [0.05, 0.1) is 0 Å². The molecule has 0 atom stereocenters. The molecule has 2 N–H and O–H groups in total. The molecule has 1 saturated carbocycles. The first kappa shape index (κ1) is 16.0. The molecule has 0 aliphatic heterocycles. The van der Waals surface area contributed by atoms with Gasteiger partial charge in [0, 0.05) is 17.6 Å². The maximum atomic E-state index is 12.5. The van der Waals surface area contributed by atoms with Crippen LogP contribution >= 0.6 is 0 Å². The highest BCUT2D eigenvalue weighted by atomic mass is 16.1. The third kappa shape index (κ3) is 4.07. The summed E-state index contributed by atoms with van der Waals surface area (Å²) >= 11 is 0. The third-order valence-electron chi connectivity index (χ3n) is 4.46. The van der Waals surface area contributed by atoms with Crippen molar-refractivity contribution in [2.45, 2.75) is 65.5 Å². The molecule has 0 bridgehead atoms. The molecule has 2 rings (SSSR count). The van der Waals surface area contributed by atoms with Crippen molar-refractivity contribution in [3.63, 3.8) is 0 Å². The molecule has 0 aromatic heterocycles. The highest BCUT2D eigenvalue weighted by Crippen LogP contribution is 2.21. The molecule has 21 heavy (non-hydrogen) atoms. The Labute approximate surface area is 128 Å². The molecule has 1 aromatic carbocycles. The minimum atomic E-state index is 0.0944. The van der Waals surface area contributed by atoms with E-state index in [0.717, 1.165) is 48.9 Å². The summed E-state index contributed by atoms with van der Waals surface area (Å²) < 4.78 is 0. The highest BCUT2D eigenvalue weighted by Gasteiger charge is 2.23. The van der Waals surface area contributed by atoms with Gasteiger partial charge < -0.3 is 10.6 Å². The molecule has 1 aromatic rings. The van der Waals surface area contributed by atoms with Gasteiger partial charge in [0.15, 0.2) is 0 Å². The average Bonchev–Trinajstić information content (AvgIpc) is 2.40. The molecule has 1 aliphatic rings. The SMILES string of the molecule is CCNC1CCC(NC(=O)c2c(C)cc(C)cc2C)CC1. The zero-order valence-electron chi connectivity index (χ0n) is 13.8. The summed E-state index contributed by atoms with van der Waals surface area (Å²) in [7, 11) is 0. The van der Waals surface area contributed by atoms with Crippen LogP contribution in [0.25, 0.3) is 0 Å². The monoisotopic (exact) mass is 288 g/mol. The van der Waals surface area contributed by atoms with E-state index in [1.807, 2.05) is 13.8 Å². The number of benzene rings is 1. The van der Waals surface area contributed by atoms with Crippen LogP contribution < -0.4 is 10.6 Å². The molecule has 1 fully saturated rings. The van der Waals surface area contributed by atoms with E-state index >= 15 is 0 Å². The van der Waals surface area contributed by atoms with Crippen molar-refractivity contribution in [2.75, 3.05) is 6.54 Å². The quantitative estimate of drug-likeness (QED) is 0.893. The van der Waals surface area contributed by atoms with Crippen LogP contribution in [0.1, 0.15) is 59.7 Å². The van der Waals surface area contributed by atoms with Crippen molar-refractivity contribution in [1.82, 2.24) is 10.6 Å². The molecule has 0 unspecified atom stereocenters. The number of amides is 1. The average molecular weight is 288 g/mol. The first-order chi connectivity index (χ1) is 10.0. The molecule has 3 nitrogen and oxygen atoms in total. The summed E-state index contributed by atoms with van der Waals surface area (Å²) in [5.74, 6) is 0.0944. The molecule has 0 heterocycles. The van der Waals surface area contributed by atoms with Gasteiger partial charge in [0.25, 0.3) is 5.91 Å². The number of hydrogen-bond acceptors (Lipinski definition) is 2. The normalized spacial score (nSPS) is 22.1. The fraction of sp³-hybridized carbons (Fsp3) is 0.611. The largest absolute Gasteiger partial charge is 0.349 e. The Hall–Kier alpha value is -1.35. The number of carbonyl (C=O) groups is 1. The standard InChI is InChI=1S/C18H28N2O/c1-5-19-15-6-8-16(9-7-15)20-18(21)17-13(3)10-12(2)11-14(17)4/h10-11,15-16,19H,5-9H2,1-4H3,(H,20,21). The van der Waals surface area contributed by atoms with E-state index in [1.54, 1.807) is 0 Å². The summed E-state index contributed by atoms with van der Waals surface area (Å²) in [5.41, 5.74) is 4.22. The Morgan fingerprint density at radius 3 is 2.10 bits per heavy atom. The Balaban J connectivity index is 1.97. The van der Waals surface area contributed by atoms with Gasteiger partial charge in [-0.25, -0.2) is 0 Å². The minimum Gasteiger partial charge on any atom is -0.349 e. The second kappa shape index (κ2) is 7.08. The molecule has 1 amide bonds. The Bertz CT molecular complexity index is 479. The lowest BCUT2D eigenvalue weighted by Gasteiger charge is -2.29. The number of carbonyl (C=O) groups excluding carboxylic acids is 1. The van der Waals surface area contributed by atoms with Crippen LogP contribution in [0.15, 0.2) is 12.1 Å². The topological polar surface area (TPSA) is 41.1 Å². The second-order valence-corrected chi connectivity index (χ2v) is 6.35. The van der Waals surface area contributed by atoms with Crippen molar-refractivity contribution >= 4 is 5.91 Å². The van der Waals surface area contributed by atoms with E-state index in [-0.39, 0.29) is 5.91 Å². The van der Waals surface area contributed by atoms with Crippen molar-refractivity contribution < 1.29 is 4.79 Å². The number of nitrogens with one attached hydrogen (secondary N) is 2. The van der Waals surface area contributed by atoms with Crippen molar-refractivity contribution in [3.05, 3.63) is 34.4 Å². The summed E-state index contributed by atoms with van der Waals surface area (Å²) in [6, 6.07) is 5.13. The fourth-order valence-corrected chi connectivity index (χ4v) is 3.53. The van der Waals surface area contributed by atoms with Gasteiger partial charge >= 0.3 is 0 Å². The van der Waals surface area contributed by atoms with Gasteiger partial charge in [-0.15, -0.1) is 0 Å². The number of rotatable bonds is 4. The summed E-state index contributed by atoms with van der Waals surface area (Å²) in [4.78, 5) is 12.5. The molecule has 0 saturated heterocycles. The highest BCUT2D eigenvalue weighted by molar-refractivity contribution is 5.97. The predicted molar refractivity (Wildman–Crippen MR) is 87.8 cm³/mol. The van der Waals surface area contributed by atoms with Crippen molar-refractivity contribution in [1.29, 1.82) is 0 Å². The number of hydrogen-bond donors (Lipinski definition) is 2. The van der Waals surface area contributed by atoms with Crippen LogP contribution in [-0.4, -0.2) is 24.5 Å². The van der Waals surface area contributed by atoms with Crippen LogP contribution in [0.5, 0.6) is 0 Å². The van der Waals surface area contributed by atoms with Crippen LogP contribution in [0.4, 0.5) is 0 Å². The lowest BCUT2D eigenvalue weighted by molar-refractivity contribution is 0.0923. The van der Waals surface area contributed by atoms with E-state index < -0.39 is 0 Å². The Morgan fingerprint density at radius 2 is 1.57 bits per heavy atom. The molecular weight excluding hydrogens is 260 g/mol. The molecule has 116 valence electrons. The van der Waals surface area contributed by atoms with Crippen LogP contribution in [0, 0.1) is 20.8 Å². The minimum absolute atomic E-state index is 0.0944. The van der Waals surface area contributed by atoms with E-state index in [0.29, 0.717) is 12.1 Å². The van der Waals surface area contributed by atoms with Gasteiger partial charge in [-0.3, -0.25) is 4.79 Å². The maximum absolute atomic E-state index is 12.5. The molecule has 1 aliphatic carbocycles. The molecule has 0 spiro atoms. The Kier molecular flexibility index (Phi) is 5.40. The van der Waals surface area contributed by atoms with Crippen molar-refractivity contribution in [2.24, 2.45) is 0 Å². The number of aryl methyl sites for hydroxylation is 3. The Morgan fingerprint density at radius 1 is 1.05 bits per heavy atom. The van der Waals surface area contributed by atoms with E-state index in [4.69, 9.17) is 0 Å². The van der Waals surface area contributed by atoms with E-state index in [1.165, 1.54) is 5.56 Å². The lowest BCUT2D eigenvalue weighted by atomic mass is 9.90. The zero-order valence-corrected chi connectivity index (χ0v) is 13.8. The van der Waals surface area contributed by atoms with Gasteiger partial charge in [0.1, 0.15) is 0 Å². The van der Waals surface area contributed by atoms with Gasteiger partial charge in [0.2, 0.25) is 0 Å². The van der Waals surface area contributed by atoms with E-state index in [2.05, 4.69) is 36.6 Å². The molecule has 3 heteroatoms. The fourth-order valence-electron chi connectivity index (χ4n) is 3.53. The van der Waals surface area contributed by atoms with Gasteiger partial charge in [-0.2, -0.15) is 0 Å². The zero-order chi connectivity index (χ0) is 15.4. The summed E-state index contributed by atoms with van der Waals surface area (Å²) in [6.45, 7) is 9.30. The van der Waals surface area contributed by atoms with Crippen LogP contribution in [0.3, 0.4) is 0 Å². The molecular formula is C18H28N2O. The first-order valence-corrected chi connectivity index (χ1v) is 8.13. The van der Waals surface area contributed by atoms with Crippen LogP contribution in [-0.2, 0) is 0 Å². The van der Waals surface area contributed by atoms with Crippen LogP contribution in [0.2, 0.25) is 0 Å². The van der Waals surface area contributed by atoms with Gasteiger partial charge in [-0.1, -0.05) is 24.6 Å². The maximum Gasteiger partial charge on any atom is 0.252 e. The summed E-state index contributed by atoms with van der Waals surface area (Å²) in [5, 5.41) is 6.73. The second-order valence-electron chi connectivity index (χ2n) is 6.35. The van der Waals surface area contributed by atoms with Gasteiger partial charge in [-0.05, 0) is 64.1 Å². The van der Waals surface area contributed by atoms with E-state index in [9.17, 15) is 4.79 Å². The summed E-state index contributed by atoms with van der Waals surface area (Å²) in [6.07, 6.45) is 4.47. The predicted octanol–water partition coefficient (Wildman–Crippen LogP) is 3.26. The molecule has 0 radical (unpaired) electrons. The smallest absolute Gasteiger partial charge is 0.252 e. The first-order valence-electron chi connectivity index (χ1n) is 8.13.